The predicted molar refractivity (Wildman–Crippen MR) is 122 cm³/mol. The molecule has 11 heteroatoms. The van der Waals surface area contributed by atoms with E-state index in [9.17, 15) is 18.0 Å². The molecule has 34 heavy (non-hydrogen) atoms. The van der Waals surface area contributed by atoms with Crippen LogP contribution < -0.4 is 20.7 Å². The van der Waals surface area contributed by atoms with Crippen molar-refractivity contribution >= 4 is 23.2 Å². The lowest BCUT2D eigenvalue weighted by molar-refractivity contribution is -0.220. The maximum absolute atomic E-state index is 13.2. The van der Waals surface area contributed by atoms with Crippen LogP contribution in [0, 0.1) is 5.41 Å². The number of alkyl halides is 3. The van der Waals surface area contributed by atoms with E-state index < -0.39 is 18.2 Å². The Bertz CT molecular complexity index is 1050. The van der Waals surface area contributed by atoms with Crippen molar-refractivity contribution in [2.45, 2.75) is 46.0 Å². The molecule has 0 saturated carbocycles. The zero-order valence-corrected chi connectivity index (χ0v) is 19.3. The summed E-state index contributed by atoms with van der Waals surface area (Å²) in [4.78, 5) is 24.7. The number of nitrogens with one attached hydrogen (secondary N) is 1. The van der Waals surface area contributed by atoms with Gasteiger partial charge in [-0.2, -0.15) is 23.1 Å². The Morgan fingerprint density at radius 3 is 2.47 bits per heavy atom. The van der Waals surface area contributed by atoms with Gasteiger partial charge >= 0.3 is 12.2 Å². The molecule has 3 heterocycles. The highest BCUT2D eigenvalue weighted by molar-refractivity contribution is 6.03. The van der Waals surface area contributed by atoms with E-state index >= 15 is 0 Å². The van der Waals surface area contributed by atoms with Gasteiger partial charge in [0.15, 0.2) is 11.6 Å². The number of hydrogen-bond donors (Lipinski definition) is 2. The number of nitrogens with two attached hydrogens (primary N) is 1. The number of anilines is 3. The zero-order chi connectivity index (χ0) is 24.5. The number of halogens is 3. The highest BCUT2D eigenvalue weighted by Gasteiger charge is 2.48. The normalized spacial score (nSPS) is 17.0. The van der Waals surface area contributed by atoms with Crippen LogP contribution in [-0.2, 0) is 17.9 Å². The minimum absolute atomic E-state index is 0.0211. The first kappa shape index (κ1) is 24.1. The summed E-state index contributed by atoms with van der Waals surface area (Å²) in [5, 5.41) is 2.65. The van der Waals surface area contributed by atoms with Gasteiger partial charge in [0.1, 0.15) is 12.3 Å². The van der Waals surface area contributed by atoms with Crippen molar-refractivity contribution in [2.24, 2.45) is 5.41 Å². The SMILES string of the molecule is CC(C)(COc1nc(N)c2c(n1)N(Cc1cccc(CN3CCCC3)c1)CC(=O)N2)C(F)(F)F. The largest absolute Gasteiger partial charge is 0.462 e. The Morgan fingerprint density at radius 2 is 1.79 bits per heavy atom. The molecule has 0 bridgehead atoms. The van der Waals surface area contributed by atoms with Gasteiger partial charge in [-0.05, 0) is 50.9 Å². The van der Waals surface area contributed by atoms with Gasteiger partial charge in [0, 0.05) is 13.1 Å². The van der Waals surface area contributed by atoms with E-state index in [0.29, 0.717) is 12.4 Å². The first-order valence-corrected chi connectivity index (χ1v) is 11.2. The molecular formula is C23H29F3N6O2. The van der Waals surface area contributed by atoms with Crippen molar-refractivity contribution in [1.29, 1.82) is 0 Å². The number of likely N-dealkylation sites (tertiary alicyclic amines) is 1. The Hall–Kier alpha value is -3.08. The fraction of sp³-hybridized carbons (Fsp3) is 0.522. The van der Waals surface area contributed by atoms with Crippen LogP contribution >= 0.6 is 0 Å². The number of carbonyl (C=O) groups is 1. The Labute approximate surface area is 196 Å². The molecule has 3 N–H and O–H groups in total. The molecule has 1 aromatic carbocycles. The van der Waals surface area contributed by atoms with Crippen molar-refractivity contribution in [3.8, 4) is 6.01 Å². The van der Waals surface area contributed by atoms with Crippen LogP contribution in [-0.4, -0.2) is 53.2 Å². The molecule has 184 valence electrons. The van der Waals surface area contributed by atoms with Crippen LogP contribution in [0.2, 0.25) is 0 Å². The fourth-order valence-electron chi connectivity index (χ4n) is 3.99. The molecule has 0 radical (unpaired) electrons. The second-order valence-corrected chi connectivity index (χ2v) is 9.47. The minimum Gasteiger partial charge on any atom is -0.462 e. The zero-order valence-electron chi connectivity index (χ0n) is 19.3. The topological polar surface area (TPSA) is 96.6 Å². The number of nitrogens with zero attached hydrogens (tertiary/aromatic N) is 4. The van der Waals surface area contributed by atoms with Crippen molar-refractivity contribution in [1.82, 2.24) is 14.9 Å². The number of fused-ring (bicyclic) bond motifs is 1. The number of rotatable bonds is 7. The first-order valence-electron chi connectivity index (χ1n) is 11.2. The van der Waals surface area contributed by atoms with Gasteiger partial charge in [0.05, 0.1) is 12.0 Å². The minimum atomic E-state index is -4.45. The number of benzene rings is 1. The Kier molecular flexibility index (Phi) is 6.57. The second-order valence-electron chi connectivity index (χ2n) is 9.47. The molecule has 0 aliphatic carbocycles. The Morgan fingerprint density at radius 1 is 1.12 bits per heavy atom. The van der Waals surface area contributed by atoms with Gasteiger partial charge < -0.3 is 20.7 Å². The summed E-state index contributed by atoms with van der Waals surface area (Å²) in [7, 11) is 0. The van der Waals surface area contributed by atoms with Gasteiger partial charge in [0.25, 0.3) is 0 Å². The quantitative estimate of drug-likeness (QED) is 0.628. The summed E-state index contributed by atoms with van der Waals surface area (Å²) in [6.07, 6.45) is -2.02. The Balaban J connectivity index is 1.54. The van der Waals surface area contributed by atoms with Gasteiger partial charge in [-0.1, -0.05) is 24.3 Å². The maximum Gasteiger partial charge on any atom is 0.397 e. The van der Waals surface area contributed by atoms with E-state index in [1.807, 2.05) is 12.1 Å². The predicted octanol–water partition coefficient (Wildman–Crippen LogP) is 3.58. The van der Waals surface area contributed by atoms with Crippen LogP contribution in [0.25, 0.3) is 0 Å². The van der Waals surface area contributed by atoms with Crippen LogP contribution in [0.4, 0.5) is 30.5 Å². The van der Waals surface area contributed by atoms with E-state index in [1.54, 1.807) is 4.90 Å². The van der Waals surface area contributed by atoms with E-state index in [2.05, 4.69) is 32.3 Å². The molecule has 2 aromatic rings. The highest BCUT2D eigenvalue weighted by Crippen LogP contribution is 2.39. The van der Waals surface area contributed by atoms with Crippen molar-refractivity contribution in [3.05, 3.63) is 35.4 Å². The van der Waals surface area contributed by atoms with Crippen LogP contribution in [0.15, 0.2) is 24.3 Å². The molecule has 2 aliphatic heterocycles. The van der Waals surface area contributed by atoms with E-state index in [-0.39, 0.29) is 30.0 Å². The van der Waals surface area contributed by atoms with Crippen LogP contribution in [0.3, 0.4) is 0 Å². The average molecular weight is 479 g/mol. The third-order valence-corrected chi connectivity index (χ3v) is 6.10. The molecule has 8 nitrogen and oxygen atoms in total. The van der Waals surface area contributed by atoms with Crippen LogP contribution in [0.5, 0.6) is 6.01 Å². The van der Waals surface area contributed by atoms with Crippen LogP contribution in [0.1, 0.15) is 37.8 Å². The van der Waals surface area contributed by atoms with Crippen molar-refractivity contribution < 1.29 is 22.7 Å². The summed E-state index contributed by atoms with van der Waals surface area (Å²) in [5.41, 5.74) is 6.30. The lowest BCUT2D eigenvalue weighted by atomic mass is 9.94. The number of carbonyl (C=O) groups excluding carboxylic acids is 1. The van der Waals surface area contributed by atoms with Gasteiger partial charge in [0.2, 0.25) is 5.91 Å². The van der Waals surface area contributed by atoms with E-state index in [0.717, 1.165) is 39.0 Å². The van der Waals surface area contributed by atoms with E-state index in [1.165, 1.54) is 18.4 Å². The summed E-state index contributed by atoms with van der Waals surface area (Å²) >= 11 is 0. The summed E-state index contributed by atoms with van der Waals surface area (Å²) < 4.78 is 44.9. The number of nitrogen functional groups attached to an aromatic ring is 1. The molecule has 0 atom stereocenters. The number of hydrogen-bond acceptors (Lipinski definition) is 7. The molecule has 0 unspecified atom stereocenters. The smallest absolute Gasteiger partial charge is 0.397 e. The summed E-state index contributed by atoms with van der Waals surface area (Å²) in [6, 6.07) is 7.85. The second kappa shape index (κ2) is 9.28. The molecule has 2 aliphatic rings. The van der Waals surface area contributed by atoms with Gasteiger partial charge in [-0.3, -0.25) is 9.69 Å². The third-order valence-electron chi connectivity index (χ3n) is 6.10. The van der Waals surface area contributed by atoms with Gasteiger partial charge in [-0.25, -0.2) is 0 Å². The highest BCUT2D eigenvalue weighted by atomic mass is 19.4. The van der Waals surface area contributed by atoms with Crippen molar-refractivity contribution in [2.75, 3.05) is 42.2 Å². The fourth-order valence-corrected chi connectivity index (χ4v) is 3.99. The van der Waals surface area contributed by atoms with Gasteiger partial charge in [-0.15, -0.1) is 0 Å². The number of ether oxygens (including phenoxy) is 1. The molecule has 1 aromatic heterocycles. The lowest BCUT2D eigenvalue weighted by Crippen LogP contribution is -2.39. The lowest BCUT2D eigenvalue weighted by Gasteiger charge is -2.31. The molecule has 1 amide bonds. The summed E-state index contributed by atoms with van der Waals surface area (Å²) in [5.74, 6) is -0.0228. The first-order chi connectivity index (χ1) is 16.0. The molecule has 1 fully saturated rings. The monoisotopic (exact) mass is 478 g/mol. The molecular weight excluding hydrogens is 449 g/mol. The standard InChI is InChI=1S/C23H29F3N6O2/c1-22(2,23(24,25)26)14-34-21-29-19(27)18-20(30-21)32(13-17(33)28-18)12-16-7-5-6-15(10-16)11-31-8-3-4-9-31/h5-7,10H,3-4,8-9,11-14H2,1-2H3,(H,28,33)(H2,27,29,30). The molecule has 4 rings (SSSR count). The maximum atomic E-state index is 13.2. The number of aromatic nitrogens is 2. The number of amides is 1. The third kappa shape index (κ3) is 5.35. The molecule has 1 saturated heterocycles. The van der Waals surface area contributed by atoms with Crippen molar-refractivity contribution in [3.63, 3.8) is 0 Å². The van der Waals surface area contributed by atoms with E-state index in [4.69, 9.17) is 10.5 Å². The average Bonchev–Trinajstić information content (AvgIpc) is 3.25. The molecule has 0 spiro atoms. The summed E-state index contributed by atoms with van der Waals surface area (Å²) in [6.45, 7) is 4.85.